The highest BCUT2D eigenvalue weighted by atomic mass is 35.5. The second-order valence-electron chi connectivity index (χ2n) is 3.46. The average Bonchev–Trinajstić information content (AvgIpc) is 2.19. The fourth-order valence-corrected chi connectivity index (χ4v) is 1.35. The van der Waals surface area contributed by atoms with Crippen molar-refractivity contribution in [2.75, 3.05) is 6.54 Å². The molecular formula is C11H15Cl2NO. The standard InChI is InChI=1S/C11H15Cl2NO/c1-9(15)11(12,13)14-8-7-10-5-3-2-4-6-10/h2-6,9,14-15H,7-8H2,1H3. The molecule has 0 aliphatic carbocycles. The van der Waals surface area contributed by atoms with Crippen LogP contribution < -0.4 is 5.32 Å². The molecule has 0 saturated carbocycles. The van der Waals surface area contributed by atoms with Crippen molar-refractivity contribution in [3.63, 3.8) is 0 Å². The Kier molecular flexibility index (Phi) is 4.87. The number of halogens is 2. The third kappa shape index (κ3) is 4.39. The van der Waals surface area contributed by atoms with E-state index in [2.05, 4.69) is 5.32 Å². The second kappa shape index (κ2) is 5.71. The van der Waals surface area contributed by atoms with Gasteiger partial charge in [0.1, 0.15) is 0 Å². The molecule has 0 spiro atoms. The van der Waals surface area contributed by atoms with Crippen LogP contribution in [0.3, 0.4) is 0 Å². The van der Waals surface area contributed by atoms with Gasteiger partial charge in [-0.15, -0.1) is 0 Å². The lowest BCUT2D eigenvalue weighted by atomic mass is 10.1. The zero-order chi connectivity index (χ0) is 11.3. The minimum Gasteiger partial charge on any atom is -0.389 e. The minimum atomic E-state index is -1.27. The molecule has 1 atom stereocenters. The Morgan fingerprint density at radius 2 is 1.93 bits per heavy atom. The molecule has 2 nitrogen and oxygen atoms in total. The summed E-state index contributed by atoms with van der Waals surface area (Å²) in [6.07, 6.45) is 0.0194. The second-order valence-corrected chi connectivity index (χ2v) is 4.85. The number of aliphatic hydroxyl groups excluding tert-OH is 1. The first-order chi connectivity index (χ1) is 7.02. The molecule has 0 aliphatic rings. The number of alkyl halides is 2. The molecule has 1 rings (SSSR count). The number of hydrogen-bond donors (Lipinski definition) is 2. The molecule has 1 aromatic carbocycles. The summed E-state index contributed by atoms with van der Waals surface area (Å²) in [6, 6.07) is 10.0. The van der Waals surface area contributed by atoms with Gasteiger partial charge in [0, 0.05) is 6.54 Å². The number of benzene rings is 1. The summed E-state index contributed by atoms with van der Waals surface area (Å²) in [5, 5.41) is 12.1. The zero-order valence-corrected chi connectivity index (χ0v) is 10.1. The number of aliphatic hydroxyl groups is 1. The van der Waals surface area contributed by atoms with E-state index in [-0.39, 0.29) is 0 Å². The molecule has 4 heteroatoms. The van der Waals surface area contributed by atoms with Gasteiger partial charge in [-0.2, -0.15) is 0 Å². The van der Waals surface area contributed by atoms with E-state index in [1.165, 1.54) is 5.56 Å². The van der Waals surface area contributed by atoms with Crippen molar-refractivity contribution in [2.24, 2.45) is 0 Å². The fourth-order valence-electron chi connectivity index (χ4n) is 1.17. The van der Waals surface area contributed by atoms with Gasteiger partial charge in [0.15, 0.2) is 4.46 Å². The van der Waals surface area contributed by atoms with Crippen molar-refractivity contribution < 1.29 is 5.11 Å². The van der Waals surface area contributed by atoms with Crippen molar-refractivity contribution >= 4 is 23.2 Å². The Labute approximate surface area is 100 Å². The Morgan fingerprint density at radius 1 is 1.33 bits per heavy atom. The van der Waals surface area contributed by atoms with Gasteiger partial charge in [-0.1, -0.05) is 53.5 Å². The van der Waals surface area contributed by atoms with E-state index in [1.54, 1.807) is 6.92 Å². The largest absolute Gasteiger partial charge is 0.389 e. The maximum absolute atomic E-state index is 9.25. The first kappa shape index (κ1) is 12.8. The zero-order valence-electron chi connectivity index (χ0n) is 8.58. The van der Waals surface area contributed by atoms with Gasteiger partial charge in [-0.3, -0.25) is 5.32 Å². The van der Waals surface area contributed by atoms with E-state index < -0.39 is 10.6 Å². The van der Waals surface area contributed by atoms with Gasteiger partial charge in [0.25, 0.3) is 0 Å². The van der Waals surface area contributed by atoms with Crippen LogP contribution in [0.15, 0.2) is 30.3 Å². The maximum atomic E-state index is 9.25. The van der Waals surface area contributed by atoms with Crippen LogP contribution in [0.25, 0.3) is 0 Å². The molecule has 15 heavy (non-hydrogen) atoms. The van der Waals surface area contributed by atoms with Gasteiger partial charge in [-0.25, -0.2) is 0 Å². The molecular weight excluding hydrogens is 233 g/mol. The quantitative estimate of drug-likeness (QED) is 0.619. The van der Waals surface area contributed by atoms with E-state index in [9.17, 15) is 5.11 Å². The van der Waals surface area contributed by atoms with E-state index in [1.807, 2.05) is 30.3 Å². The topological polar surface area (TPSA) is 32.3 Å². The van der Waals surface area contributed by atoms with Gasteiger partial charge < -0.3 is 5.11 Å². The molecule has 0 bridgehead atoms. The third-order valence-electron chi connectivity index (χ3n) is 2.14. The molecule has 0 saturated heterocycles. The van der Waals surface area contributed by atoms with E-state index in [0.29, 0.717) is 6.54 Å². The lowest BCUT2D eigenvalue weighted by Crippen LogP contribution is -2.44. The predicted octanol–water partition coefficient (Wildman–Crippen LogP) is 2.33. The molecule has 0 amide bonds. The first-order valence-corrected chi connectivity index (χ1v) is 5.63. The highest BCUT2D eigenvalue weighted by molar-refractivity contribution is 6.48. The summed E-state index contributed by atoms with van der Waals surface area (Å²) in [7, 11) is 0. The van der Waals surface area contributed by atoms with Crippen LogP contribution in [-0.4, -0.2) is 22.2 Å². The Balaban J connectivity index is 2.34. The van der Waals surface area contributed by atoms with Crippen LogP contribution in [0.4, 0.5) is 0 Å². The molecule has 1 aromatic rings. The molecule has 0 heterocycles. The maximum Gasteiger partial charge on any atom is 0.194 e. The smallest absolute Gasteiger partial charge is 0.194 e. The van der Waals surface area contributed by atoms with Crippen LogP contribution in [0.2, 0.25) is 0 Å². The number of rotatable bonds is 5. The summed E-state index contributed by atoms with van der Waals surface area (Å²) < 4.78 is -1.27. The molecule has 0 aromatic heterocycles. The van der Waals surface area contributed by atoms with Gasteiger partial charge in [0.05, 0.1) is 6.10 Å². The Hall–Kier alpha value is -0.280. The van der Waals surface area contributed by atoms with Gasteiger partial charge >= 0.3 is 0 Å². The fraction of sp³-hybridized carbons (Fsp3) is 0.455. The number of nitrogens with one attached hydrogen (secondary N) is 1. The van der Waals surface area contributed by atoms with Crippen molar-refractivity contribution in [1.82, 2.24) is 5.32 Å². The molecule has 84 valence electrons. The van der Waals surface area contributed by atoms with E-state index >= 15 is 0 Å². The summed E-state index contributed by atoms with van der Waals surface area (Å²) in [5.41, 5.74) is 1.21. The summed E-state index contributed by atoms with van der Waals surface area (Å²) >= 11 is 11.7. The lowest BCUT2D eigenvalue weighted by molar-refractivity contribution is 0.161. The van der Waals surface area contributed by atoms with Crippen LogP contribution in [-0.2, 0) is 6.42 Å². The monoisotopic (exact) mass is 247 g/mol. The average molecular weight is 248 g/mol. The third-order valence-corrected chi connectivity index (χ3v) is 3.04. The molecule has 0 radical (unpaired) electrons. The highest BCUT2D eigenvalue weighted by Crippen LogP contribution is 2.21. The van der Waals surface area contributed by atoms with Crippen molar-refractivity contribution in [1.29, 1.82) is 0 Å². The normalized spacial score (nSPS) is 13.9. The van der Waals surface area contributed by atoms with Crippen LogP contribution in [0.5, 0.6) is 0 Å². The number of hydrogen-bond acceptors (Lipinski definition) is 2. The van der Waals surface area contributed by atoms with Crippen molar-refractivity contribution in [3.8, 4) is 0 Å². The van der Waals surface area contributed by atoms with Crippen LogP contribution in [0, 0.1) is 0 Å². The van der Waals surface area contributed by atoms with E-state index in [4.69, 9.17) is 23.2 Å². The van der Waals surface area contributed by atoms with Crippen LogP contribution in [0.1, 0.15) is 12.5 Å². The molecule has 2 N–H and O–H groups in total. The van der Waals surface area contributed by atoms with Crippen molar-refractivity contribution in [3.05, 3.63) is 35.9 Å². The Bertz CT molecular complexity index is 288. The highest BCUT2D eigenvalue weighted by Gasteiger charge is 2.28. The Morgan fingerprint density at radius 3 is 2.47 bits per heavy atom. The predicted molar refractivity (Wildman–Crippen MR) is 64.3 cm³/mol. The van der Waals surface area contributed by atoms with E-state index in [0.717, 1.165) is 6.42 Å². The SMILES string of the molecule is CC(O)C(Cl)(Cl)NCCc1ccccc1. The van der Waals surface area contributed by atoms with Crippen molar-refractivity contribution in [2.45, 2.75) is 23.9 Å². The first-order valence-electron chi connectivity index (χ1n) is 4.87. The lowest BCUT2D eigenvalue weighted by Gasteiger charge is -2.24. The van der Waals surface area contributed by atoms with Crippen LogP contribution >= 0.6 is 23.2 Å². The summed E-state index contributed by atoms with van der Waals surface area (Å²) in [5.74, 6) is 0. The minimum absolute atomic E-state index is 0.627. The summed E-state index contributed by atoms with van der Waals surface area (Å²) in [6.45, 7) is 2.18. The molecule has 0 fully saturated rings. The molecule has 0 aliphatic heterocycles. The molecule has 1 unspecified atom stereocenters. The summed E-state index contributed by atoms with van der Waals surface area (Å²) in [4.78, 5) is 0. The van der Waals surface area contributed by atoms with Gasteiger partial charge in [0.2, 0.25) is 0 Å². The van der Waals surface area contributed by atoms with Gasteiger partial charge in [-0.05, 0) is 18.9 Å².